The summed E-state index contributed by atoms with van der Waals surface area (Å²) in [6, 6.07) is 0.837. The van der Waals surface area contributed by atoms with Gasteiger partial charge in [-0.25, -0.2) is 15.4 Å². The fourth-order valence-corrected chi connectivity index (χ4v) is 3.08. The number of hydrogen-bond acceptors (Lipinski definition) is 7. The third kappa shape index (κ3) is 4.51. The molecule has 12 heteroatoms. The molecule has 0 radical (unpaired) electrons. The number of nitrogens with zero attached hydrogens (tertiary/aromatic N) is 5. The second-order valence-corrected chi connectivity index (χ2v) is 6.62. The summed E-state index contributed by atoms with van der Waals surface area (Å²) in [6.07, 6.45) is -0.987. The molecule has 0 unspecified atom stereocenters. The van der Waals surface area contributed by atoms with Crippen LogP contribution in [0.1, 0.15) is 23.7 Å². The molecule has 3 heterocycles. The minimum Gasteiger partial charge on any atom is -0.436 e. The first-order valence-electron chi connectivity index (χ1n) is 8.61. The molecule has 0 spiro atoms. The SMILES string of the molecule is C=NNC(=O)/C(Cl)=C(\C)N1CCc2c(ncnc2Oc2cnccc2C(F)(F)F)C1. The molecule has 0 saturated carbocycles. The second kappa shape index (κ2) is 8.66. The molecule has 1 aliphatic heterocycles. The van der Waals surface area contributed by atoms with Gasteiger partial charge in [0.15, 0.2) is 5.75 Å². The number of rotatable bonds is 5. The van der Waals surface area contributed by atoms with Gasteiger partial charge >= 0.3 is 6.18 Å². The van der Waals surface area contributed by atoms with Gasteiger partial charge in [-0.15, -0.1) is 0 Å². The molecule has 0 fully saturated rings. The topological polar surface area (TPSA) is 92.6 Å². The van der Waals surface area contributed by atoms with Crippen LogP contribution in [-0.4, -0.2) is 39.0 Å². The van der Waals surface area contributed by atoms with Crippen molar-refractivity contribution in [1.82, 2.24) is 25.3 Å². The van der Waals surface area contributed by atoms with E-state index in [1.54, 1.807) is 6.92 Å². The van der Waals surface area contributed by atoms with Crippen LogP contribution in [0.5, 0.6) is 11.6 Å². The molecule has 30 heavy (non-hydrogen) atoms. The van der Waals surface area contributed by atoms with Crippen molar-refractivity contribution < 1.29 is 22.7 Å². The van der Waals surface area contributed by atoms with E-state index in [9.17, 15) is 18.0 Å². The van der Waals surface area contributed by atoms with Crippen molar-refractivity contribution in [3.63, 3.8) is 0 Å². The van der Waals surface area contributed by atoms with Crippen molar-refractivity contribution in [1.29, 1.82) is 0 Å². The monoisotopic (exact) mass is 440 g/mol. The van der Waals surface area contributed by atoms with E-state index in [2.05, 4.69) is 32.2 Å². The Hall–Kier alpha value is -3.21. The van der Waals surface area contributed by atoms with Crippen LogP contribution >= 0.6 is 11.6 Å². The minimum absolute atomic E-state index is 0.0273. The number of fused-ring (bicyclic) bond motifs is 1. The van der Waals surface area contributed by atoms with Crippen molar-refractivity contribution in [3.8, 4) is 11.6 Å². The number of pyridine rings is 1. The summed E-state index contributed by atoms with van der Waals surface area (Å²) in [4.78, 5) is 25.6. The smallest absolute Gasteiger partial charge is 0.420 e. The van der Waals surface area contributed by atoms with Gasteiger partial charge in [0, 0.05) is 30.7 Å². The molecule has 158 valence electrons. The Morgan fingerprint density at radius 2 is 2.17 bits per heavy atom. The number of aromatic nitrogens is 3. The van der Waals surface area contributed by atoms with Crippen LogP contribution in [0.15, 0.2) is 40.6 Å². The van der Waals surface area contributed by atoms with E-state index < -0.39 is 23.4 Å². The first-order chi connectivity index (χ1) is 14.2. The van der Waals surface area contributed by atoms with Gasteiger partial charge in [0.1, 0.15) is 16.9 Å². The molecule has 0 bridgehead atoms. The highest BCUT2D eigenvalue weighted by atomic mass is 35.5. The van der Waals surface area contributed by atoms with Gasteiger partial charge in [-0.1, -0.05) is 11.6 Å². The first-order valence-corrected chi connectivity index (χ1v) is 8.99. The summed E-state index contributed by atoms with van der Waals surface area (Å²) in [5.74, 6) is -1.02. The van der Waals surface area contributed by atoms with Gasteiger partial charge in [-0.05, 0) is 19.4 Å². The lowest BCUT2D eigenvalue weighted by molar-refractivity contribution is -0.138. The van der Waals surface area contributed by atoms with E-state index in [1.165, 1.54) is 6.33 Å². The molecule has 2 aromatic heterocycles. The van der Waals surface area contributed by atoms with Gasteiger partial charge in [0.2, 0.25) is 5.88 Å². The minimum atomic E-state index is -4.60. The lowest BCUT2D eigenvalue weighted by atomic mass is 10.1. The summed E-state index contributed by atoms with van der Waals surface area (Å²) >= 11 is 6.09. The van der Waals surface area contributed by atoms with Crippen molar-refractivity contribution in [2.24, 2.45) is 5.10 Å². The Labute approximate surface area is 174 Å². The average Bonchev–Trinajstić information content (AvgIpc) is 2.72. The Morgan fingerprint density at radius 1 is 1.40 bits per heavy atom. The number of alkyl halides is 3. The van der Waals surface area contributed by atoms with Crippen LogP contribution in [-0.2, 0) is 23.9 Å². The number of carbonyl (C=O) groups is 1. The predicted octanol–water partition coefficient (Wildman–Crippen LogP) is 3.24. The number of allylic oxidation sites excluding steroid dienone is 1. The van der Waals surface area contributed by atoms with E-state index in [0.717, 1.165) is 18.5 Å². The highest BCUT2D eigenvalue weighted by Crippen LogP contribution is 2.38. The van der Waals surface area contributed by atoms with Crippen LogP contribution in [0.4, 0.5) is 13.2 Å². The first kappa shape index (κ1) is 21.5. The van der Waals surface area contributed by atoms with Crippen molar-refractivity contribution in [2.45, 2.75) is 26.1 Å². The summed E-state index contributed by atoms with van der Waals surface area (Å²) in [7, 11) is 0. The fraction of sp³-hybridized carbons (Fsp3) is 0.278. The normalized spacial score (nSPS) is 14.5. The molecular formula is C18H16ClF3N6O2. The maximum Gasteiger partial charge on any atom is 0.420 e. The van der Waals surface area contributed by atoms with Gasteiger partial charge in [-0.3, -0.25) is 9.78 Å². The Bertz CT molecular complexity index is 1010. The lowest BCUT2D eigenvalue weighted by Gasteiger charge is -2.31. The van der Waals surface area contributed by atoms with Crippen LogP contribution < -0.4 is 10.2 Å². The molecule has 0 atom stereocenters. The van der Waals surface area contributed by atoms with Gasteiger partial charge in [0.05, 0.1) is 18.4 Å². The van der Waals surface area contributed by atoms with Crippen LogP contribution in [0.2, 0.25) is 0 Å². The Balaban J connectivity index is 1.87. The molecule has 1 amide bonds. The van der Waals surface area contributed by atoms with Crippen molar-refractivity contribution in [2.75, 3.05) is 6.54 Å². The number of halogens is 4. The summed E-state index contributed by atoms with van der Waals surface area (Å²) in [6.45, 7) is 5.53. The van der Waals surface area contributed by atoms with Crippen LogP contribution in [0, 0.1) is 0 Å². The highest BCUT2D eigenvalue weighted by Gasteiger charge is 2.35. The maximum atomic E-state index is 13.2. The molecular weight excluding hydrogens is 425 g/mol. The number of ether oxygens (including phenoxy) is 1. The maximum absolute atomic E-state index is 13.2. The van der Waals surface area contributed by atoms with E-state index in [1.807, 2.05) is 4.90 Å². The molecule has 1 aliphatic rings. The number of hydrazone groups is 1. The zero-order valence-electron chi connectivity index (χ0n) is 15.7. The zero-order chi connectivity index (χ0) is 21.9. The van der Waals surface area contributed by atoms with Crippen LogP contribution in [0.3, 0.4) is 0 Å². The number of carbonyl (C=O) groups excluding carboxylic acids is 1. The van der Waals surface area contributed by atoms with Gasteiger partial charge < -0.3 is 9.64 Å². The van der Waals surface area contributed by atoms with E-state index in [-0.39, 0.29) is 17.5 Å². The molecule has 0 aliphatic carbocycles. The fourth-order valence-electron chi connectivity index (χ4n) is 2.92. The molecule has 1 N–H and O–H groups in total. The predicted molar refractivity (Wildman–Crippen MR) is 102 cm³/mol. The Morgan fingerprint density at radius 3 is 2.87 bits per heavy atom. The quantitative estimate of drug-likeness (QED) is 0.436. The summed E-state index contributed by atoms with van der Waals surface area (Å²) in [5.41, 5.74) is 2.83. The lowest BCUT2D eigenvalue weighted by Crippen LogP contribution is -2.32. The second-order valence-electron chi connectivity index (χ2n) is 6.25. The number of hydrogen-bond donors (Lipinski definition) is 1. The van der Waals surface area contributed by atoms with Crippen LogP contribution in [0.25, 0.3) is 0 Å². The molecule has 0 saturated heterocycles. The average molecular weight is 441 g/mol. The summed E-state index contributed by atoms with van der Waals surface area (Å²) in [5, 5.41) is 3.23. The third-order valence-corrected chi connectivity index (χ3v) is 4.88. The van der Waals surface area contributed by atoms with E-state index >= 15 is 0 Å². The van der Waals surface area contributed by atoms with Crippen molar-refractivity contribution >= 4 is 24.2 Å². The van der Waals surface area contributed by atoms with Gasteiger partial charge in [0.25, 0.3) is 5.91 Å². The van der Waals surface area contributed by atoms with E-state index in [0.29, 0.717) is 29.9 Å². The highest BCUT2D eigenvalue weighted by molar-refractivity contribution is 6.42. The van der Waals surface area contributed by atoms with Crippen molar-refractivity contribution in [3.05, 3.63) is 52.3 Å². The molecule has 8 nitrogen and oxygen atoms in total. The molecule has 0 aromatic carbocycles. The number of amides is 1. The molecule has 2 aromatic rings. The third-order valence-electron chi connectivity index (χ3n) is 4.44. The van der Waals surface area contributed by atoms with Gasteiger partial charge in [-0.2, -0.15) is 18.3 Å². The number of nitrogens with one attached hydrogen (secondary N) is 1. The zero-order valence-corrected chi connectivity index (χ0v) is 16.5. The Kier molecular flexibility index (Phi) is 6.20. The largest absolute Gasteiger partial charge is 0.436 e. The molecule has 3 rings (SSSR count). The van der Waals surface area contributed by atoms with E-state index in [4.69, 9.17) is 16.3 Å². The summed E-state index contributed by atoms with van der Waals surface area (Å²) < 4.78 is 45.1. The standard InChI is InChI=1S/C18H16ClF3N6O2/c1-10(15(19)16(29)27-23-2)28-6-4-11-13(8-28)25-9-26-17(11)30-14-7-24-5-3-12(14)18(20,21)22/h3,5,7,9H,2,4,6,8H2,1H3,(H,27,29)/b15-10-.